The number of anilines is 1. The summed E-state index contributed by atoms with van der Waals surface area (Å²) in [7, 11) is 0. The molecular formula is C29H34N4O3. The summed E-state index contributed by atoms with van der Waals surface area (Å²) in [5.41, 5.74) is 5.47. The maximum atomic E-state index is 13.5. The third-order valence-electron chi connectivity index (χ3n) is 6.73. The number of fused-ring (bicyclic) bond motifs is 5. The number of carbonyl (C=O) groups excluding carboxylic acids is 3. The molecule has 0 N–H and O–H groups in total. The summed E-state index contributed by atoms with van der Waals surface area (Å²) in [6.07, 6.45) is 5.05. The number of Topliss-reactive ketones (excluding diaryl/α,β-unsaturated/α-hetero) is 2. The molecule has 2 aromatic carbocycles. The summed E-state index contributed by atoms with van der Waals surface area (Å²) < 4.78 is 1.91. The molecule has 1 amide bonds. The highest BCUT2D eigenvalue weighted by Crippen LogP contribution is 2.41. The number of benzene rings is 2. The average molecular weight is 487 g/mol. The first-order valence-corrected chi connectivity index (χ1v) is 12.9. The number of unbranched alkanes of at least 4 members (excludes halogenated alkanes) is 2. The van der Waals surface area contributed by atoms with E-state index < -0.39 is 0 Å². The Hall–Kier alpha value is -3.61. The Kier molecular flexibility index (Phi) is 8.41. The van der Waals surface area contributed by atoms with Crippen molar-refractivity contribution >= 4 is 23.2 Å². The Balaban J connectivity index is 1.69. The molecule has 7 nitrogen and oxygen atoms in total. The molecule has 0 fully saturated rings. The minimum atomic E-state index is 0.0464. The molecule has 1 aliphatic heterocycles. The fraction of sp³-hybridized carbons (Fsp3) is 0.414. The lowest BCUT2D eigenvalue weighted by molar-refractivity contribution is -0.120. The van der Waals surface area contributed by atoms with Crippen molar-refractivity contribution in [2.45, 2.75) is 78.3 Å². The Morgan fingerprint density at radius 1 is 0.861 bits per heavy atom. The second kappa shape index (κ2) is 11.9. The van der Waals surface area contributed by atoms with Crippen LogP contribution in [-0.2, 0) is 27.5 Å². The number of amides is 1. The van der Waals surface area contributed by atoms with Crippen LogP contribution < -0.4 is 4.90 Å². The van der Waals surface area contributed by atoms with Gasteiger partial charge in [-0.3, -0.25) is 9.59 Å². The Bertz CT molecular complexity index is 1250. The van der Waals surface area contributed by atoms with Gasteiger partial charge in [-0.25, -0.2) is 4.68 Å². The first-order valence-electron chi connectivity index (χ1n) is 12.9. The molecule has 1 aromatic heterocycles. The predicted molar refractivity (Wildman–Crippen MR) is 140 cm³/mol. The Morgan fingerprint density at radius 2 is 1.56 bits per heavy atom. The van der Waals surface area contributed by atoms with Gasteiger partial charge in [0.05, 0.1) is 17.9 Å². The molecule has 0 aliphatic carbocycles. The van der Waals surface area contributed by atoms with Crippen LogP contribution in [0.3, 0.4) is 0 Å². The summed E-state index contributed by atoms with van der Waals surface area (Å²) in [5, 5.41) is 9.08. The molecule has 188 valence electrons. The van der Waals surface area contributed by atoms with Crippen molar-refractivity contribution in [3.8, 4) is 22.5 Å². The van der Waals surface area contributed by atoms with Gasteiger partial charge in [0.15, 0.2) is 0 Å². The molecule has 0 radical (unpaired) electrons. The van der Waals surface area contributed by atoms with E-state index in [1.807, 2.05) is 65.0 Å². The number of nitrogens with zero attached hydrogens (tertiary/aromatic N) is 4. The lowest BCUT2D eigenvalue weighted by atomic mass is 9.95. The summed E-state index contributed by atoms with van der Waals surface area (Å²) in [6.45, 7) is 4.58. The van der Waals surface area contributed by atoms with E-state index in [1.54, 1.807) is 6.92 Å². The van der Waals surface area contributed by atoms with Gasteiger partial charge in [-0.15, -0.1) is 5.10 Å². The molecule has 7 heteroatoms. The summed E-state index contributed by atoms with van der Waals surface area (Å²) >= 11 is 0. The first kappa shape index (κ1) is 25.5. The lowest BCUT2D eigenvalue weighted by Gasteiger charge is -2.29. The zero-order valence-corrected chi connectivity index (χ0v) is 21.2. The minimum Gasteiger partial charge on any atom is -0.307 e. The molecule has 0 spiro atoms. The molecule has 36 heavy (non-hydrogen) atoms. The SMILES string of the molecule is CCC(=O)CCCCC(=O)N1Cc2ccccc2-c2nnn(CCCCC(C)=O)c2-c2ccccc21. The molecule has 0 unspecified atom stereocenters. The van der Waals surface area contributed by atoms with Crippen molar-refractivity contribution in [2.75, 3.05) is 4.90 Å². The molecule has 1 aliphatic rings. The van der Waals surface area contributed by atoms with Crippen LogP contribution >= 0.6 is 0 Å². The zero-order valence-electron chi connectivity index (χ0n) is 21.2. The van der Waals surface area contributed by atoms with Gasteiger partial charge in [-0.05, 0) is 44.2 Å². The quantitative estimate of drug-likeness (QED) is 0.322. The highest BCUT2D eigenvalue weighted by molar-refractivity contribution is 6.00. The van der Waals surface area contributed by atoms with E-state index in [9.17, 15) is 14.4 Å². The van der Waals surface area contributed by atoms with Gasteiger partial charge in [0, 0.05) is 43.4 Å². The van der Waals surface area contributed by atoms with E-state index in [4.69, 9.17) is 0 Å². The van der Waals surface area contributed by atoms with Crippen molar-refractivity contribution in [3.05, 3.63) is 54.1 Å². The molecule has 4 rings (SSSR count). The van der Waals surface area contributed by atoms with E-state index in [0.717, 1.165) is 53.0 Å². The lowest BCUT2D eigenvalue weighted by Crippen LogP contribution is -2.31. The predicted octanol–water partition coefficient (Wildman–Crippen LogP) is 5.76. The van der Waals surface area contributed by atoms with Gasteiger partial charge in [-0.1, -0.05) is 54.6 Å². The largest absolute Gasteiger partial charge is 0.307 e. The second-order valence-corrected chi connectivity index (χ2v) is 9.42. The number of aryl methyl sites for hydroxylation is 1. The highest BCUT2D eigenvalue weighted by Gasteiger charge is 2.28. The van der Waals surface area contributed by atoms with E-state index in [-0.39, 0.29) is 17.5 Å². The van der Waals surface area contributed by atoms with Crippen LogP contribution in [0.4, 0.5) is 5.69 Å². The Morgan fingerprint density at radius 3 is 2.33 bits per heavy atom. The van der Waals surface area contributed by atoms with Crippen LogP contribution in [0.2, 0.25) is 0 Å². The fourth-order valence-electron chi connectivity index (χ4n) is 4.74. The van der Waals surface area contributed by atoms with E-state index >= 15 is 0 Å². The van der Waals surface area contributed by atoms with Crippen LogP contribution in [0.5, 0.6) is 0 Å². The molecule has 0 atom stereocenters. The molecule has 0 saturated carbocycles. The number of carbonyl (C=O) groups is 3. The maximum Gasteiger partial charge on any atom is 0.227 e. The third kappa shape index (κ3) is 5.78. The van der Waals surface area contributed by atoms with Gasteiger partial charge in [0.1, 0.15) is 17.3 Å². The molecule has 3 aromatic rings. The first-order chi connectivity index (χ1) is 17.5. The van der Waals surface area contributed by atoms with Crippen LogP contribution in [0, 0.1) is 0 Å². The summed E-state index contributed by atoms with van der Waals surface area (Å²) in [4.78, 5) is 38.4. The molecule has 0 bridgehead atoms. The van der Waals surface area contributed by atoms with Crippen LogP contribution in [0.25, 0.3) is 22.5 Å². The van der Waals surface area contributed by atoms with Crippen molar-refractivity contribution < 1.29 is 14.4 Å². The fourth-order valence-corrected chi connectivity index (χ4v) is 4.74. The van der Waals surface area contributed by atoms with Gasteiger partial charge in [0.2, 0.25) is 5.91 Å². The summed E-state index contributed by atoms with van der Waals surface area (Å²) in [6, 6.07) is 16.0. The van der Waals surface area contributed by atoms with Gasteiger partial charge >= 0.3 is 0 Å². The maximum absolute atomic E-state index is 13.5. The second-order valence-electron chi connectivity index (χ2n) is 9.42. The number of hydrogen-bond acceptors (Lipinski definition) is 5. The minimum absolute atomic E-state index is 0.0464. The monoisotopic (exact) mass is 486 g/mol. The number of para-hydroxylation sites is 1. The normalized spacial score (nSPS) is 12.2. The number of rotatable bonds is 11. The van der Waals surface area contributed by atoms with Gasteiger partial charge < -0.3 is 9.69 Å². The molecular weight excluding hydrogens is 452 g/mol. The van der Waals surface area contributed by atoms with E-state index in [0.29, 0.717) is 45.2 Å². The average Bonchev–Trinajstić information content (AvgIpc) is 3.29. The van der Waals surface area contributed by atoms with E-state index in [2.05, 4.69) is 10.3 Å². The topological polar surface area (TPSA) is 85.2 Å². The van der Waals surface area contributed by atoms with Crippen LogP contribution in [0.15, 0.2) is 48.5 Å². The van der Waals surface area contributed by atoms with Crippen molar-refractivity contribution in [1.29, 1.82) is 0 Å². The standard InChI is InChI=1S/C29H34N4O3/c1-3-23(35)14-5-9-18-27(36)32-20-22-13-4-6-15-24(22)28-29(25-16-7-8-17-26(25)32)33(31-30-28)19-11-10-12-21(2)34/h4,6-8,13,15-17H,3,5,9-12,14,18-20H2,1-2H3. The highest BCUT2D eigenvalue weighted by atomic mass is 16.2. The number of aromatic nitrogens is 3. The smallest absolute Gasteiger partial charge is 0.227 e. The number of hydrogen-bond donors (Lipinski definition) is 0. The zero-order chi connectivity index (χ0) is 25.5. The van der Waals surface area contributed by atoms with Crippen molar-refractivity contribution in [3.63, 3.8) is 0 Å². The van der Waals surface area contributed by atoms with Gasteiger partial charge in [0.25, 0.3) is 0 Å². The van der Waals surface area contributed by atoms with Gasteiger partial charge in [-0.2, -0.15) is 0 Å². The number of ketones is 2. The van der Waals surface area contributed by atoms with Crippen molar-refractivity contribution in [2.24, 2.45) is 0 Å². The van der Waals surface area contributed by atoms with E-state index in [1.165, 1.54) is 0 Å². The van der Waals surface area contributed by atoms with Crippen LogP contribution in [-0.4, -0.2) is 32.5 Å². The van der Waals surface area contributed by atoms with Crippen molar-refractivity contribution in [1.82, 2.24) is 15.0 Å². The molecule has 0 saturated heterocycles. The summed E-state index contributed by atoms with van der Waals surface area (Å²) in [5.74, 6) is 0.478. The molecule has 2 heterocycles. The van der Waals surface area contributed by atoms with Crippen LogP contribution in [0.1, 0.15) is 70.8 Å². The Labute approximate surface area is 212 Å². The third-order valence-corrected chi connectivity index (χ3v) is 6.73.